The number of nitrogens with zero attached hydrogens (tertiary/aromatic N) is 1. The Hall–Kier alpha value is -1.99. The normalized spacial score (nSPS) is 9.83. The van der Waals surface area contributed by atoms with Crippen molar-refractivity contribution in [3.63, 3.8) is 0 Å². The number of nitriles is 1. The third-order valence-corrected chi connectivity index (χ3v) is 3.22. The Balaban J connectivity index is 2.44. The minimum absolute atomic E-state index is 0.168. The summed E-state index contributed by atoms with van der Waals surface area (Å²) in [6.45, 7) is 1.76. The number of hydrogen-bond donors (Lipinski definition) is 1. The lowest BCUT2D eigenvalue weighted by Crippen LogP contribution is -1.91. The van der Waals surface area contributed by atoms with Gasteiger partial charge in [0, 0.05) is 10.0 Å². The molecule has 0 spiro atoms. The molecule has 0 saturated heterocycles. The molecule has 0 aliphatic rings. The topological polar surface area (TPSA) is 53.2 Å². The average molecular weight is 304 g/mol. The highest BCUT2D eigenvalue weighted by Crippen LogP contribution is 2.33. The Labute approximate surface area is 113 Å². The lowest BCUT2D eigenvalue weighted by atomic mass is 10.2. The molecule has 18 heavy (non-hydrogen) atoms. The van der Waals surface area contributed by atoms with E-state index in [4.69, 9.17) is 10.00 Å². The molecule has 3 nitrogen and oxygen atoms in total. The molecule has 0 amide bonds. The van der Waals surface area contributed by atoms with Gasteiger partial charge in [-0.1, -0.05) is 12.1 Å². The van der Waals surface area contributed by atoms with Gasteiger partial charge in [-0.25, -0.2) is 0 Å². The number of halogens is 1. The number of phenols is 1. The van der Waals surface area contributed by atoms with Crippen LogP contribution in [0.4, 0.5) is 0 Å². The minimum Gasteiger partial charge on any atom is -0.508 e. The van der Waals surface area contributed by atoms with E-state index in [1.54, 1.807) is 43.3 Å². The van der Waals surface area contributed by atoms with Crippen molar-refractivity contribution in [2.75, 3.05) is 0 Å². The van der Waals surface area contributed by atoms with E-state index in [1.807, 2.05) is 0 Å². The van der Waals surface area contributed by atoms with Crippen molar-refractivity contribution in [3.05, 3.63) is 52.0 Å². The predicted molar refractivity (Wildman–Crippen MR) is 71.8 cm³/mol. The molecule has 90 valence electrons. The first-order valence-electron chi connectivity index (χ1n) is 5.28. The number of hydrogen-bond acceptors (Lipinski definition) is 3. The zero-order chi connectivity index (χ0) is 13.1. The average Bonchev–Trinajstić information content (AvgIpc) is 2.35. The molecule has 0 aromatic heterocycles. The van der Waals surface area contributed by atoms with Gasteiger partial charge in [0.2, 0.25) is 0 Å². The van der Waals surface area contributed by atoms with Crippen molar-refractivity contribution in [2.45, 2.75) is 6.92 Å². The van der Waals surface area contributed by atoms with Crippen LogP contribution in [0.25, 0.3) is 0 Å². The Morgan fingerprint density at radius 2 is 1.83 bits per heavy atom. The van der Waals surface area contributed by atoms with Crippen LogP contribution in [-0.4, -0.2) is 5.11 Å². The first kappa shape index (κ1) is 12.5. The molecule has 2 rings (SSSR count). The van der Waals surface area contributed by atoms with Crippen molar-refractivity contribution in [1.29, 1.82) is 5.26 Å². The first-order valence-corrected chi connectivity index (χ1v) is 6.08. The molecular weight excluding hydrogens is 294 g/mol. The Morgan fingerprint density at radius 3 is 2.56 bits per heavy atom. The lowest BCUT2D eigenvalue weighted by Gasteiger charge is -2.11. The summed E-state index contributed by atoms with van der Waals surface area (Å²) in [6, 6.07) is 12.4. The van der Waals surface area contributed by atoms with E-state index >= 15 is 0 Å². The Morgan fingerprint density at radius 1 is 1.17 bits per heavy atom. The van der Waals surface area contributed by atoms with Crippen LogP contribution in [-0.2, 0) is 0 Å². The summed E-state index contributed by atoms with van der Waals surface area (Å²) in [7, 11) is 0. The van der Waals surface area contributed by atoms with Crippen LogP contribution in [0.15, 0.2) is 40.9 Å². The number of phenolic OH excluding ortho intramolecular Hbond substituents is 1. The van der Waals surface area contributed by atoms with Gasteiger partial charge < -0.3 is 9.84 Å². The largest absolute Gasteiger partial charge is 0.508 e. The molecule has 0 aliphatic carbocycles. The van der Waals surface area contributed by atoms with Gasteiger partial charge in [-0.2, -0.15) is 5.26 Å². The highest BCUT2D eigenvalue weighted by atomic mass is 79.9. The van der Waals surface area contributed by atoms with Crippen LogP contribution in [0, 0.1) is 18.3 Å². The molecule has 0 aliphatic heterocycles. The van der Waals surface area contributed by atoms with Crippen LogP contribution in [0.2, 0.25) is 0 Å². The monoisotopic (exact) mass is 303 g/mol. The molecule has 0 saturated carbocycles. The van der Waals surface area contributed by atoms with Crippen LogP contribution in [0.1, 0.15) is 11.1 Å². The van der Waals surface area contributed by atoms with Crippen LogP contribution >= 0.6 is 15.9 Å². The summed E-state index contributed by atoms with van der Waals surface area (Å²) in [5.74, 6) is 1.16. The van der Waals surface area contributed by atoms with Crippen LogP contribution < -0.4 is 4.74 Å². The molecule has 0 unspecified atom stereocenters. The summed E-state index contributed by atoms with van der Waals surface area (Å²) in [6.07, 6.45) is 0. The first-order chi connectivity index (χ1) is 8.63. The quantitative estimate of drug-likeness (QED) is 0.907. The van der Waals surface area contributed by atoms with E-state index in [1.165, 1.54) is 0 Å². The zero-order valence-electron chi connectivity index (χ0n) is 9.64. The summed E-state index contributed by atoms with van der Waals surface area (Å²) in [5, 5.41) is 18.7. The standard InChI is InChI=1S/C14H10BrNO2/c1-9-12(17)5-3-6-13(9)18-14-7-2-4-11(15)10(14)8-16/h2-7,17H,1H3. The third-order valence-electron chi connectivity index (χ3n) is 2.56. The fourth-order valence-electron chi connectivity index (χ4n) is 1.53. The van der Waals surface area contributed by atoms with E-state index < -0.39 is 0 Å². The van der Waals surface area contributed by atoms with Crippen molar-refractivity contribution < 1.29 is 9.84 Å². The van der Waals surface area contributed by atoms with Crippen molar-refractivity contribution >= 4 is 15.9 Å². The van der Waals surface area contributed by atoms with E-state index in [9.17, 15) is 5.11 Å². The molecule has 2 aromatic rings. The van der Waals surface area contributed by atoms with Gasteiger partial charge >= 0.3 is 0 Å². The minimum atomic E-state index is 0.168. The predicted octanol–water partition coefficient (Wildman–Crippen LogP) is 4.13. The Kier molecular flexibility index (Phi) is 3.54. The molecular formula is C14H10BrNO2. The second-order valence-corrected chi connectivity index (χ2v) is 4.58. The molecule has 0 atom stereocenters. The zero-order valence-corrected chi connectivity index (χ0v) is 11.2. The van der Waals surface area contributed by atoms with Gasteiger partial charge in [0.25, 0.3) is 0 Å². The molecule has 0 heterocycles. The highest BCUT2D eigenvalue weighted by molar-refractivity contribution is 9.10. The number of aromatic hydroxyl groups is 1. The lowest BCUT2D eigenvalue weighted by molar-refractivity contribution is 0.447. The number of ether oxygens (including phenoxy) is 1. The number of benzene rings is 2. The van der Waals surface area contributed by atoms with E-state index in [-0.39, 0.29) is 5.75 Å². The fourth-order valence-corrected chi connectivity index (χ4v) is 1.97. The molecule has 1 N–H and O–H groups in total. The highest BCUT2D eigenvalue weighted by Gasteiger charge is 2.10. The second-order valence-electron chi connectivity index (χ2n) is 3.73. The molecule has 0 radical (unpaired) electrons. The van der Waals surface area contributed by atoms with Crippen molar-refractivity contribution in [1.82, 2.24) is 0 Å². The maximum atomic E-state index is 9.60. The van der Waals surface area contributed by atoms with Gasteiger partial charge in [0.1, 0.15) is 28.9 Å². The second kappa shape index (κ2) is 5.11. The molecule has 0 fully saturated rings. The molecule has 0 bridgehead atoms. The van der Waals surface area contributed by atoms with Gasteiger partial charge in [0.15, 0.2) is 0 Å². The summed E-state index contributed by atoms with van der Waals surface area (Å²) in [5.41, 5.74) is 1.07. The number of rotatable bonds is 2. The summed E-state index contributed by atoms with van der Waals surface area (Å²) in [4.78, 5) is 0. The smallest absolute Gasteiger partial charge is 0.146 e. The van der Waals surface area contributed by atoms with Gasteiger partial charge in [0.05, 0.1) is 0 Å². The van der Waals surface area contributed by atoms with Crippen molar-refractivity contribution in [3.8, 4) is 23.3 Å². The maximum absolute atomic E-state index is 9.60. The van der Waals surface area contributed by atoms with Gasteiger partial charge in [-0.3, -0.25) is 0 Å². The van der Waals surface area contributed by atoms with Crippen LogP contribution in [0.5, 0.6) is 17.2 Å². The van der Waals surface area contributed by atoms with Crippen molar-refractivity contribution in [2.24, 2.45) is 0 Å². The van der Waals surface area contributed by atoms with E-state index in [2.05, 4.69) is 22.0 Å². The fraction of sp³-hybridized carbons (Fsp3) is 0.0714. The maximum Gasteiger partial charge on any atom is 0.146 e. The van der Waals surface area contributed by atoms with Gasteiger partial charge in [-0.05, 0) is 47.1 Å². The van der Waals surface area contributed by atoms with Crippen LogP contribution in [0.3, 0.4) is 0 Å². The van der Waals surface area contributed by atoms with E-state index in [0.717, 1.165) is 0 Å². The van der Waals surface area contributed by atoms with E-state index in [0.29, 0.717) is 27.1 Å². The Bertz CT molecular complexity index is 632. The molecule has 4 heteroatoms. The SMILES string of the molecule is Cc1c(O)cccc1Oc1cccc(Br)c1C#N. The summed E-state index contributed by atoms with van der Waals surface area (Å²) < 4.78 is 6.36. The molecule has 2 aromatic carbocycles. The third kappa shape index (κ3) is 2.31. The summed E-state index contributed by atoms with van der Waals surface area (Å²) >= 11 is 3.30. The van der Waals surface area contributed by atoms with Gasteiger partial charge in [-0.15, -0.1) is 0 Å².